The first kappa shape index (κ1) is 19.4. The number of piperidine rings is 1. The van der Waals surface area contributed by atoms with Crippen molar-refractivity contribution in [1.82, 2.24) is 4.90 Å². The lowest BCUT2D eigenvalue weighted by molar-refractivity contribution is -0.108. The minimum absolute atomic E-state index is 0.211. The van der Waals surface area contributed by atoms with Crippen LogP contribution in [0.25, 0.3) is 0 Å². The van der Waals surface area contributed by atoms with Crippen molar-refractivity contribution in [2.24, 2.45) is 27.9 Å². The molecule has 1 aliphatic heterocycles. The molecule has 0 radical (unpaired) electrons. The van der Waals surface area contributed by atoms with Gasteiger partial charge < -0.3 is 10.6 Å². The zero-order chi connectivity index (χ0) is 19.3. The third kappa shape index (κ3) is 3.35. The van der Waals surface area contributed by atoms with Gasteiger partial charge in [0.05, 0.1) is 4.99 Å². The molecule has 4 aliphatic carbocycles. The highest BCUT2D eigenvalue weighted by Crippen LogP contribution is 2.72. The molecule has 5 aliphatic rings. The van der Waals surface area contributed by atoms with Gasteiger partial charge in [-0.25, -0.2) is 0 Å². The molecule has 4 atom stereocenters. The van der Waals surface area contributed by atoms with Crippen LogP contribution in [0.15, 0.2) is 36.5 Å². The third-order valence-corrected chi connectivity index (χ3v) is 8.60. The van der Waals surface area contributed by atoms with Crippen molar-refractivity contribution < 1.29 is 0 Å². The predicted octanol–water partition coefficient (Wildman–Crippen LogP) is 5.40. The Morgan fingerprint density at radius 1 is 1.07 bits per heavy atom. The molecule has 0 amide bonds. The van der Waals surface area contributed by atoms with Crippen molar-refractivity contribution in [3.05, 3.63) is 36.5 Å². The summed E-state index contributed by atoms with van der Waals surface area (Å²) in [5.74, 6) is 0.808. The van der Waals surface area contributed by atoms with Crippen molar-refractivity contribution in [3.63, 3.8) is 0 Å². The van der Waals surface area contributed by atoms with E-state index in [2.05, 4.69) is 49.6 Å². The van der Waals surface area contributed by atoms with Crippen LogP contribution in [0.4, 0.5) is 0 Å². The first-order valence-corrected chi connectivity index (χ1v) is 11.2. The van der Waals surface area contributed by atoms with Crippen LogP contribution in [0.1, 0.15) is 65.2 Å². The lowest BCUT2D eigenvalue weighted by atomic mass is 9.38. The second-order valence-electron chi connectivity index (χ2n) is 10.4. The van der Waals surface area contributed by atoms with E-state index in [1.54, 1.807) is 0 Å². The molecule has 1 saturated heterocycles. The van der Waals surface area contributed by atoms with Gasteiger partial charge in [0.25, 0.3) is 0 Å². The summed E-state index contributed by atoms with van der Waals surface area (Å²) in [6.07, 6.45) is 18.6. The highest BCUT2D eigenvalue weighted by Gasteiger charge is 2.63. The number of thiocarbonyl (C=S) groups is 1. The first-order valence-electron chi connectivity index (χ1n) is 10.8. The van der Waals surface area contributed by atoms with E-state index in [1.807, 2.05) is 0 Å². The van der Waals surface area contributed by atoms with Crippen LogP contribution in [-0.2, 0) is 0 Å². The monoisotopic (exact) mass is 384 g/mol. The third-order valence-electron chi connectivity index (χ3n) is 7.91. The summed E-state index contributed by atoms with van der Waals surface area (Å²) in [6.45, 7) is 11.3. The molecule has 5 fully saturated rings. The number of nitrogens with two attached hydrogens (primary N) is 1. The van der Waals surface area contributed by atoms with E-state index >= 15 is 0 Å². The summed E-state index contributed by atoms with van der Waals surface area (Å²) < 4.78 is 0. The van der Waals surface area contributed by atoms with Gasteiger partial charge in [0.15, 0.2) is 0 Å². The maximum absolute atomic E-state index is 6.22. The molecule has 0 spiro atoms. The van der Waals surface area contributed by atoms with Crippen molar-refractivity contribution in [2.75, 3.05) is 13.1 Å². The van der Waals surface area contributed by atoms with Gasteiger partial charge in [-0.3, -0.25) is 0 Å². The molecule has 27 heavy (non-hydrogen) atoms. The highest BCUT2D eigenvalue weighted by atomic mass is 32.1. The molecule has 3 heteroatoms. The molecule has 0 aromatic heterocycles. The maximum Gasteiger partial charge on any atom is 0.0842 e. The molecule has 4 saturated carbocycles. The normalized spacial score (nSPS) is 41.7. The molecule has 2 nitrogen and oxygen atoms in total. The summed E-state index contributed by atoms with van der Waals surface area (Å²) in [4.78, 5) is 3.78. The topological polar surface area (TPSA) is 29.3 Å². The fourth-order valence-corrected chi connectivity index (χ4v) is 7.83. The number of nitrogens with zero attached hydrogens (tertiary/aromatic N) is 1. The SMILES string of the molecule is C=C(/C=C\C=C/C)[C@]12CC3CC(C(=S)N4CCC(N)CC4)(C[C@](C)(C3)C1)C2. The smallest absolute Gasteiger partial charge is 0.0842 e. The molecule has 0 aromatic rings. The van der Waals surface area contributed by atoms with E-state index in [4.69, 9.17) is 18.0 Å². The van der Waals surface area contributed by atoms with Gasteiger partial charge in [0.1, 0.15) is 0 Å². The van der Waals surface area contributed by atoms with Crippen LogP contribution in [0.2, 0.25) is 0 Å². The average Bonchev–Trinajstić information content (AvgIpc) is 2.60. The Kier molecular flexibility index (Phi) is 4.91. The average molecular weight is 385 g/mol. The second-order valence-corrected chi connectivity index (χ2v) is 10.8. The van der Waals surface area contributed by atoms with Gasteiger partial charge in [0, 0.05) is 24.5 Å². The van der Waals surface area contributed by atoms with Crippen LogP contribution < -0.4 is 5.73 Å². The minimum atomic E-state index is 0.211. The fraction of sp³-hybridized carbons (Fsp3) is 0.708. The molecular weight excluding hydrogens is 348 g/mol. The molecule has 2 unspecified atom stereocenters. The number of likely N-dealkylation sites (tertiary alicyclic amines) is 1. The van der Waals surface area contributed by atoms with Gasteiger partial charge in [0.2, 0.25) is 0 Å². The zero-order valence-corrected chi connectivity index (χ0v) is 18.0. The largest absolute Gasteiger partial charge is 0.366 e. The van der Waals surface area contributed by atoms with E-state index in [0.717, 1.165) is 31.8 Å². The molecule has 5 rings (SSSR count). The standard InChI is InChI=1S/C24H36N2S/c1-4-5-6-7-18(2)23-13-19-12-22(3,15-23)16-24(14-19,17-23)21(27)26-10-8-20(25)9-11-26/h4-7,19-20H,2,8-17,25H2,1,3H3/b5-4-,7-6-/t19?,22-,23-,24?/m1/s1. The summed E-state index contributed by atoms with van der Waals surface area (Å²) >= 11 is 6.22. The highest BCUT2D eigenvalue weighted by molar-refractivity contribution is 7.80. The van der Waals surface area contributed by atoms with Crippen LogP contribution in [0.3, 0.4) is 0 Å². The summed E-state index contributed by atoms with van der Waals surface area (Å²) in [7, 11) is 0. The Morgan fingerprint density at radius 3 is 2.41 bits per heavy atom. The number of rotatable bonds is 4. The number of hydrogen-bond acceptors (Lipinski definition) is 2. The van der Waals surface area contributed by atoms with E-state index < -0.39 is 0 Å². The van der Waals surface area contributed by atoms with E-state index in [0.29, 0.717) is 11.5 Å². The lowest BCUT2D eigenvalue weighted by Crippen LogP contribution is -2.61. The first-order chi connectivity index (χ1) is 12.8. The maximum atomic E-state index is 6.22. The van der Waals surface area contributed by atoms with Gasteiger partial charge >= 0.3 is 0 Å². The molecule has 148 valence electrons. The summed E-state index contributed by atoms with van der Waals surface area (Å²) in [5.41, 5.74) is 8.37. The van der Waals surface area contributed by atoms with E-state index in [1.165, 1.54) is 49.1 Å². The Balaban J connectivity index is 1.62. The minimum Gasteiger partial charge on any atom is -0.366 e. The van der Waals surface area contributed by atoms with Crippen LogP contribution >= 0.6 is 12.2 Å². The van der Waals surface area contributed by atoms with Gasteiger partial charge in [-0.05, 0) is 80.6 Å². The Labute approximate surface area is 170 Å². The molecule has 4 bridgehead atoms. The van der Waals surface area contributed by atoms with Gasteiger partial charge in [-0.15, -0.1) is 0 Å². The predicted molar refractivity (Wildman–Crippen MR) is 119 cm³/mol. The Morgan fingerprint density at radius 2 is 1.74 bits per heavy atom. The van der Waals surface area contributed by atoms with Crippen LogP contribution in [0, 0.1) is 22.2 Å². The van der Waals surface area contributed by atoms with Crippen molar-refractivity contribution >= 4 is 17.2 Å². The summed E-state index contributed by atoms with van der Waals surface area (Å²) in [5, 5.41) is 0. The van der Waals surface area contributed by atoms with Crippen LogP contribution in [0.5, 0.6) is 0 Å². The van der Waals surface area contributed by atoms with E-state index in [-0.39, 0.29) is 10.8 Å². The van der Waals surface area contributed by atoms with Gasteiger partial charge in [-0.2, -0.15) is 0 Å². The van der Waals surface area contributed by atoms with Crippen molar-refractivity contribution in [3.8, 4) is 0 Å². The molecule has 1 heterocycles. The molecular formula is C24H36N2S. The number of hydrogen-bond donors (Lipinski definition) is 1. The Hall–Kier alpha value is -0.930. The van der Waals surface area contributed by atoms with Crippen molar-refractivity contribution in [2.45, 2.75) is 71.3 Å². The fourth-order valence-electron chi connectivity index (χ4n) is 7.41. The molecule has 0 aromatic carbocycles. The quantitative estimate of drug-likeness (QED) is 0.519. The summed E-state index contributed by atoms with van der Waals surface area (Å²) in [6, 6.07) is 0.362. The van der Waals surface area contributed by atoms with Crippen molar-refractivity contribution in [1.29, 1.82) is 0 Å². The lowest BCUT2D eigenvalue weighted by Gasteiger charge is -2.67. The number of allylic oxidation sites excluding steroid dienone is 5. The zero-order valence-electron chi connectivity index (χ0n) is 17.2. The molecule has 2 N–H and O–H groups in total. The second kappa shape index (κ2) is 6.84. The van der Waals surface area contributed by atoms with E-state index in [9.17, 15) is 0 Å². The van der Waals surface area contributed by atoms with Gasteiger partial charge in [-0.1, -0.05) is 50.0 Å². The van der Waals surface area contributed by atoms with Crippen LogP contribution in [-0.4, -0.2) is 29.0 Å². The Bertz CT molecular complexity index is 686.